The molecule has 2 aromatic carbocycles. The predicted molar refractivity (Wildman–Crippen MR) is 87.9 cm³/mol. The quantitative estimate of drug-likeness (QED) is 0.856. The maximum absolute atomic E-state index is 12.5. The van der Waals surface area contributed by atoms with Crippen molar-refractivity contribution in [3.05, 3.63) is 70.3 Å². The Bertz CT molecular complexity index is 789. The van der Waals surface area contributed by atoms with Gasteiger partial charge in [-0.05, 0) is 41.8 Å². The van der Waals surface area contributed by atoms with E-state index in [1.165, 1.54) is 6.92 Å². The number of fused-ring (bicyclic) bond motifs is 1. The second-order valence-corrected chi connectivity index (χ2v) is 5.53. The van der Waals surface area contributed by atoms with Gasteiger partial charge in [0.05, 0.1) is 0 Å². The van der Waals surface area contributed by atoms with Crippen molar-refractivity contribution in [2.24, 2.45) is 0 Å². The molecule has 0 fully saturated rings. The van der Waals surface area contributed by atoms with E-state index in [4.69, 9.17) is 0 Å². The molecule has 0 unspecified atom stereocenters. The molecular formula is C19H17NO2. The second-order valence-electron chi connectivity index (χ2n) is 5.53. The fourth-order valence-corrected chi connectivity index (χ4v) is 2.83. The van der Waals surface area contributed by atoms with Crippen LogP contribution in [-0.2, 0) is 11.2 Å². The van der Waals surface area contributed by atoms with Crippen LogP contribution in [-0.4, -0.2) is 11.7 Å². The van der Waals surface area contributed by atoms with Gasteiger partial charge in [-0.1, -0.05) is 30.3 Å². The number of Topliss-reactive ketones (excluding diaryl/α,β-unsaturated/α-hetero) is 1. The molecule has 2 aromatic rings. The first-order valence-corrected chi connectivity index (χ1v) is 7.26. The van der Waals surface area contributed by atoms with Crippen LogP contribution in [0.1, 0.15) is 34.0 Å². The van der Waals surface area contributed by atoms with Crippen LogP contribution < -0.4 is 5.32 Å². The van der Waals surface area contributed by atoms with Gasteiger partial charge in [-0.2, -0.15) is 0 Å². The van der Waals surface area contributed by atoms with Crippen molar-refractivity contribution in [1.82, 2.24) is 0 Å². The summed E-state index contributed by atoms with van der Waals surface area (Å²) < 4.78 is 0. The molecule has 22 heavy (non-hydrogen) atoms. The number of allylic oxidation sites excluding steroid dienone is 1. The van der Waals surface area contributed by atoms with Crippen LogP contribution in [0, 0.1) is 6.92 Å². The maximum atomic E-state index is 12.5. The van der Waals surface area contributed by atoms with Gasteiger partial charge >= 0.3 is 0 Å². The van der Waals surface area contributed by atoms with Gasteiger partial charge in [-0.15, -0.1) is 0 Å². The largest absolute Gasteiger partial charge is 0.326 e. The molecule has 0 atom stereocenters. The Balaban J connectivity index is 1.99. The molecule has 0 bridgehead atoms. The van der Waals surface area contributed by atoms with Gasteiger partial charge < -0.3 is 5.32 Å². The van der Waals surface area contributed by atoms with Crippen molar-refractivity contribution in [1.29, 1.82) is 0 Å². The van der Waals surface area contributed by atoms with E-state index in [1.54, 1.807) is 6.07 Å². The molecule has 0 radical (unpaired) electrons. The van der Waals surface area contributed by atoms with E-state index in [1.807, 2.05) is 49.4 Å². The van der Waals surface area contributed by atoms with Gasteiger partial charge in [-0.25, -0.2) is 0 Å². The minimum absolute atomic E-state index is 0.0799. The highest BCUT2D eigenvalue weighted by Crippen LogP contribution is 2.33. The Labute approximate surface area is 129 Å². The first kappa shape index (κ1) is 14.3. The predicted octanol–water partition coefficient (Wildman–Crippen LogP) is 3.78. The zero-order chi connectivity index (χ0) is 15.7. The average Bonchev–Trinajstić information content (AvgIpc) is 2.80. The van der Waals surface area contributed by atoms with Gasteiger partial charge in [0, 0.05) is 30.2 Å². The maximum Gasteiger partial charge on any atom is 0.221 e. The molecule has 0 heterocycles. The molecule has 0 saturated carbocycles. The molecule has 3 heteroatoms. The van der Waals surface area contributed by atoms with Crippen molar-refractivity contribution in [2.75, 3.05) is 5.32 Å². The highest BCUT2D eigenvalue weighted by atomic mass is 16.1. The average molecular weight is 291 g/mol. The number of carbonyl (C=O) groups excluding carboxylic acids is 2. The van der Waals surface area contributed by atoms with Crippen molar-refractivity contribution in [3.8, 4) is 0 Å². The molecule has 1 aliphatic carbocycles. The summed E-state index contributed by atoms with van der Waals surface area (Å²) in [5, 5.41) is 2.81. The van der Waals surface area contributed by atoms with E-state index >= 15 is 0 Å². The highest BCUT2D eigenvalue weighted by molar-refractivity contribution is 6.16. The Kier molecular flexibility index (Phi) is 3.63. The number of amides is 1. The third-order valence-corrected chi connectivity index (χ3v) is 3.95. The molecular weight excluding hydrogens is 274 g/mol. The van der Waals surface area contributed by atoms with Crippen molar-refractivity contribution < 1.29 is 9.59 Å². The Hall–Kier alpha value is -2.68. The van der Waals surface area contributed by atoms with Gasteiger partial charge in [-0.3, -0.25) is 9.59 Å². The Morgan fingerprint density at radius 3 is 2.55 bits per heavy atom. The molecule has 1 N–H and O–H groups in total. The number of anilines is 1. The number of nitrogens with one attached hydrogen (secondary N) is 1. The van der Waals surface area contributed by atoms with E-state index < -0.39 is 0 Å². The molecule has 3 rings (SSSR count). The molecule has 3 nitrogen and oxygen atoms in total. The zero-order valence-electron chi connectivity index (χ0n) is 12.6. The molecule has 0 aliphatic heterocycles. The summed E-state index contributed by atoms with van der Waals surface area (Å²) in [5.41, 5.74) is 5.33. The van der Waals surface area contributed by atoms with E-state index in [-0.39, 0.29) is 11.7 Å². The highest BCUT2D eigenvalue weighted by Gasteiger charge is 2.27. The Morgan fingerprint density at radius 1 is 1.14 bits per heavy atom. The van der Waals surface area contributed by atoms with Crippen LogP contribution in [0.25, 0.3) is 6.08 Å². The molecule has 110 valence electrons. The minimum atomic E-state index is -0.104. The number of rotatable bonds is 2. The standard InChI is InChI=1S/C19H17NO2/c1-12-17-11-15(10-14-6-4-3-5-7-14)19(22)16(17)8-9-18(12)20-13(2)21/h3-10H,11H2,1-2H3,(H,20,21)/b15-10-. The monoisotopic (exact) mass is 291 g/mol. The first-order valence-electron chi connectivity index (χ1n) is 7.26. The van der Waals surface area contributed by atoms with Crippen molar-refractivity contribution >= 4 is 23.5 Å². The lowest BCUT2D eigenvalue weighted by Crippen LogP contribution is -2.08. The summed E-state index contributed by atoms with van der Waals surface area (Å²) in [5.74, 6) is -0.0243. The molecule has 0 saturated heterocycles. The summed E-state index contributed by atoms with van der Waals surface area (Å²) in [4.78, 5) is 23.8. The van der Waals surface area contributed by atoms with Crippen molar-refractivity contribution in [2.45, 2.75) is 20.3 Å². The van der Waals surface area contributed by atoms with Gasteiger partial charge in [0.2, 0.25) is 5.91 Å². The van der Waals surface area contributed by atoms with E-state index in [2.05, 4.69) is 5.32 Å². The summed E-state index contributed by atoms with van der Waals surface area (Å²) >= 11 is 0. The number of hydrogen-bond donors (Lipinski definition) is 1. The molecule has 1 amide bonds. The number of ketones is 1. The van der Waals surface area contributed by atoms with Crippen LogP contribution in [0.3, 0.4) is 0 Å². The lowest BCUT2D eigenvalue weighted by Gasteiger charge is -2.10. The minimum Gasteiger partial charge on any atom is -0.326 e. The smallest absolute Gasteiger partial charge is 0.221 e. The number of carbonyl (C=O) groups is 2. The van der Waals surface area contributed by atoms with Crippen LogP contribution in [0.15, 0.2) is 48.0 Å². The molecule has 0 aromatic heterocycles. The topological polar surface area (TPSA) is 46.2 Å². The van der Waals surface area contributed by atoms with Crippen LogP contribution >= 0.6 is 0 Å². The van der Waals surface area contributed by atoms with Crippen molar-refractivity contribution in [3.63, 3.8) is 0 Å². The number of benzene rings is 2. The van der Waals surface area contributed by atoms with Gasteiger partial charge in [0.25, 0.3) is 0 Å². The third-order valence-electron chi connectivity index (χ3n) is 3.95. The zero-order valence-corrected chi connectivity index (χ0v) is 12.6. The molecule has 1 aliphatic rings. The first-order chi connectivity index (χ1) is 10.6. The normalized spacial score (nSPS) is 15.0. The number of hydrogen-bond acceptors (Lipinski definition) is 2. The summed E-state index contributed by atoms with van der Waals surface area (Å²) in [6.45, 7) is 3.43. The van der Waals surface area contributed by atoms with Gasteiger partial charge in [0.15, 0.2) is 5.78 Å². The summed E-state index contributed by atoms with van der Waals surface area (Å²) in [7, 11) is 0. The van der Waals surface area contributed by atoms with E-state index in [9.17, 15) is 9.59 Å². The molecule has 0 spiro atoms. The SMILES string of the molecule is CC(=O)Nc1ccc2c(c1C)C/C(=C/c1ccccc1)C2=O. The fraction of sp³-hybridized carbons (Fsp3) is 0.158. The second kappa shape index (κ2) is 5.60. The lowest BCUT2D eigenvalue weighted by molar-refractivity contribution is -0.114. The van der Waals surface area contributed by atoms with E-state index in [0.717, 1.165) is 33.5 Å². The summed E-state index contributed by atoms with van der Waals surface area (Å²) in [6, 6.07) is 13.5. The third kappa shape index (κ3) is 2.58. The van der Waals surface area contributed by atoms with E-state index in [0.29, 0.717) is 6.42 Å². The van der Waals surface area contributed by atoms with Crippen LogP contribution in [0.2, 0.25) is 0 Å². The summed E-state index contributed by atoms with van der Waals surface area (Å²) in [6.07, 6.45) is 2.56. The van der Waals surface area contributed by atoms with Crippen LogP contribution in [0.5, 0.6) is 0 Å². The van der Waals surface area contributed by atoms with Gasteiger partial charge in [0.1, 0.15) is 0 Å². The lowest BCUT2D eigenvalue weighted by atomic mass is 10.0. The van der Waals surface area contributed by atoms with Crippen LogP contribution in [0.4, 0.5) is 5.69 Å². The Morgan fingerprint density at radius 2 is 1.86 bits per heavy atom. The fourth-order valence-electron chi connectivity index (χ4n) is 2.83.